The molecule has 0 aromatic heterocycles. The van der Waals surface area contributed by atoms with Crippen molar-refractivity contribution in [2.24, 2.45) is 5.73 Å². The van der Waals surface area contributed by atoms with Crippen molar-refractivity contribution >= 4 is 0 Å². The van der Waals surface area contributed by atoms with Gasteiger partial charge < -0.3 is 10.5 Å². The summed E-state index contributed by atoms with van der Waals surface area (Å²) in [6, 6.07) is 0.836. The molecule has 0 aromatic rings. The van der Waals surface area contributed by atoms with E-state index in [0.717, 1.165) is 38.7 Å². The highest BCUT2D eigenvalue weighted by molar-refractivity contribution is 4.80. The lowest BCUT2D eigenvalue weighted by Gasteiger charge is -2.39. The number of nitrogens with two attached hydrogens (primary N) is 1. The van der Waals surface area contributed by atoms with E-state index in [1.807, 2.05) is 0 Å². The molecular formula is C12H24N2O. The van der Waals surface area contributed by atoms with E-state index in [9.17, 15) is 0 Å². The molecule has 1 aliphatic carbocycles. The first-order chi connectivity index (χ1) is 7.40. The van der Waals surface area contributed by atoms with Crippen LogP contribution in [-0.2, 0) is 4.74 Å². The minimum atomic E-state index is 0.394. The Hall–Kier alpha value is -0.120. The summed E-state index contributed by atoms with van der Waals surface area (Å²) in [4.78, 5) is 2.64. The average molecular weight is 212 g/mol. The van der Waals surface area contributed by atoms with Crippen molar-refractivity contribution in [2.75, 3.05) is 26.2 Å². The second kappa shape index (κ2) is 5.83. The second-order valence-corrected chi connectivity index (χ2v) is 4.86. The highest BCUT2D eigenvalue weighted by atomic mass is 16.5. The monoisotopic (exact) mass is 212 g/mol. The number of morpholine rings is 1. The van der Waals surface area contributed by atoms with Gasteiger partial charge in [0.2, 0.25) is 0 Å². The number of nitrogens with zero attached hydrogens (tertiary/aromatic N) is 1. The smallest absolute Gasteiger partial charge is 0.0714 e. The predicted molar refractivity (Wildman–Crippen MR) is 61.9 cm³/mol. The Morgan fingerprint density at radius 1 is 1.20 bits per heavy atom. The van der Waals surface area contributed by atoms with Gasteiger partial charge in [-0.15, -0.1) is 0 Å². The van der Waals surface area contributed by atoms with Gasteiger partial charge in [-0.25, -0.2) is 0 Å². The average Bonchev–Trinajstić information content (AvgIpc) is 2.31. The molecule has 2 N–H and O–H groups in total. The predicted octanol–water partition coefficient (Wildman–Crippen LogP) is 1.37. The van der Waals surface area contributed by atoms with Crippen LogP contribution in [0.25, 0.3) is 0 Å². The SMILES string of the molecule is NCCC1CN(C2CCCCC2)CCO1. The molecule has 1 saturated carbocycles. The fraction of sp³-hybridized carbons (Fsp3) is 1.00. The lowest BCUT2D eigenvalue weighted by Crippen LogP contribution is -2.48. The standard InChI is InChI=1S/C12H24N2O/c13-7-6-12-10-14(8-9-15-12)11-4-2-1-3-5-11/h11-12H,1-10,13H2. The third-order valence-electron chi connectivity index (χ3n) is 3.75. The molecular weight excluding hydrogens is 188 g/mol. The normalized spacial score (nSPS) is 30.6. The maximum Gasteiger partial charge on any atom is 0.0714 e. The quantitative estimate of drug-likeness (QED) is 0.768. The Kier molecular flexibility index (Phi) is 4.42. The van der Waals surface area contributed by atoms with Crippen LogP contribution < -0.4 is 5.73 Å². The molecule has 15 heavy (non-hydrogen) atoms. The van der Waals surface area contributed by atoms with Gasteiger partial charge in [-0.3, -0.25) is 4.90 Å². The Bertz CT molecular complexity index is 178. The van der Waals surface area contributed by atoms with Gasteiger partial charge in [-0.05, 0) is 25.8 Å². The van der Waals surface area contributed by atoms with E-state index in [2.05, 4.69) is 4.90 Å². The van der Waals surface area contributed by atoms with Gasteiger partial charge in [0.1, 0.15) is 0 Å². The van der Waals surface area contributed by atoms with E-state index in [1.165, 1.54) is 32.1 Å². The van der Waals surface area contributed by atoms with E-state index < -0.39 is 0 Å². The molecule has 0 radical (unpaired) electrons. The molecule has 1 unspecified atom stereocenters. The largest absolute Gasteiger partial charge is 0.376 e. The van der Waals surface area contributed by atoms with Crippen molar-refractivity contribution in [2.45, 2.75) is 50.7 Å². The van der Waals surface area contributed by atoms with Crippen LogP contribution in [0, 0.1) is 0 Å². The summed E-state index contributed by atoms with van der Waals surface area (Å²) in [5.41, 5.74) is 5.58. The number of hydrogen-bond donors (Lipinski definition) is 1. The zero-order valence-electron chi connectivity index (χ0n) is 9.66. The van der Waals surface area contributed by atoms with Crippen molar-refractivity contribution in [1.82, 2.24) is 4.90 Å². The molecule has 2 rings (SSSR count). The van der Waals surface area contributed by atoms with Crippen molar-refractivity contribution in [3.05, 3.63) is 0 Å². The zero-order valence-corrected chi connectivity index (χ0v) is 9.66. The lowest BCUT2D eigenvalue weighted by atomic mass is 9.93. The zero-order chi connectivity index (χ0) is 10.5. The van der Waals surface area contributed by atoms with Gasteiger partial charge in [0.25, 0.3) is 0 Å². The first kappa shape index (κ1) is 11.4. The Labute approximate surface area is 93.0 Å². The minimum absolute atomic E-state index is 0.394. The van der Waals surface area contributed by atoms with Crippen LogP contribution in [0.15, 0.2) is 0 Å². The third-order valence-corrected chi connectivity index (χ3v) is 3.75. The van der Waals surface area contributed by atoms with E-state index in [1.54, 1.807) is 0 Å². The molecule has 3 nitrogen and oxygen atoms in total. The summed E-state index contributed by atoms with van der Waals surface area (Å²) in [7, 11) is 0. The van der Waals surface area contributed by atoms with E-state index >= 15 is 0 Å². The van der Waals surface area contributed by atoms with Crippen LogP contribution in [0.3, 0.4) is 0 Å². The van der Waals surface area contributed by atoms with Crippen LogP contribution in [0.4, 0.5) is 0 Å². The Morgan fingerprint density at radius 2 is 2.00 bits per heavy atom. The molecule has 88 valence electrons. The maximum atomic E-state index is 5.72. The van der Waals surface area contributed by atoms with E-state index in [0.29, 0.717) is 6.10 Å². The summed E-state index contributed by atoms with van der Waals surface area (Å²) in [5.74, 6) is 0. The fourth-order valence-corrected chi connectivity index (χ4v) is 2.88. The van der Waals surface area contributed by atoms with Gasteiger partial charge >= 0.3 is 0 Å². The van der Waals surface area contributed by atoms with E-state index in [-0.39, 0.29) is 0 Å². The molecule has 3 heteroatoms. The molecule has 1 aliphatic heterocycles. The van der Waals surface area contributed by atoms with Gasteiger partial charge in [0.05, 0.1) is 12.7 Å². The summed E-state index contributed by atoms with van der Waals surface area (Å²) in [5, 5.41) is 0. The second-order valence-electron chi connectivity index (χ2n) is 4.86. The highest BCUT2D eigenvalue weighted by Gasteiger charge is 2.26. The first-order valence-corrected chi connectivity index (χ1v) is 6.46. The highest BCUT2D eigenvalue weighted by Crippen LogP contribution is 2.24. The Morgan fingerprint density at radius 3 is 2.73 bits per heavy atom. The van der Waals surface area contributed by atoms with Crippen molar-refractivity contribution in [3.8, 4) is 0 Å². The summed E-state index contributed by atoms with van der Waals surface area (Å²) in [6.07, 6.45) is 8.49. The minimum Gasteiger partial charge on any atom is -0.376 e. The first-order valence-electron chi connectivity index (χ1n) is 6.46. The molecule has 0 bridgehead atoms. The van der Waals surface area contributed by atoms with Crippen LogP contribution >= 0.6 is 0 Å². The molecule has 1 saturated heterocycles. The number of ether oxygens (including phenoxy) is 1. The number of hydrogen-bond acceptors (Lipinski definition) is 3. The Balaban J connectivity index is 1.80. The third kappa shape index (κ3) is 3.16. The topological polar surface area (TPSA) is 38.5 Å². The molecule has 2 fully saturated rings. The van der Waals surface area contributed by atoms with Crippen LogP contribution in [-0.4, -0.2) is 43.3 Å². The van der Waals surface area contributed by atoms with Crippen molar-refractivity contribution < 1.29 is 4.74 Å². The van der Waals surface area contributed by atoms with Crippen molar-refractivity contribution in [1.29, 1.82) is 0 Å². The molecule has 0 spiro atoms. The van der Waals surface area contributed by atoms with Crippen LogP contribution in [0.1, 0.15) is 38.5 Å². The summed E-state index contributed by atoms with van der Waals surface area (Å²) < 4.78 is 5.72. The molecule has 1 atom stereocenters. The van der Waals surface area contributed by atoms with Gasteiger partial charge in [-0.1, -0.05) is 19.3 Å². The fourth-order valence-electron chi connectivity index (χ4n) is 2.88. The summed E-state index contributed by atoms with van der Waals surface area (Å²) in [6.45, 7) is 3.90. The summed E-state index contributed by atoms with van der Waals surface area (Å²) >= 11 is 0. The molecule has 0 aromatic carbocycles. The van der Waals surface area contributed by atoms with Crippen LogP contribution in [0.2, 0.25) is 0 Å². The molecule has 1 heterocycles. The van der Waals surface area contributed by atoms with Gasteiger partial charge in [0.15, 0.2) is 0 Å². The number of rotatable bonds is 3. The molecule has 2 aliphatic rings. The van der Waals surface area contributed by atoms with Crippen molar-refractivity contribution in [3.63, 3.8) is 0 Å². The van der Waals surface area contributed by atoms with Gasteiger partial charge in [-0.2, -0.15) is 0 Å². The van der Waals surface area contributed by atoms with E-state index in [4.69, 9.17) is 10.5 Å². The molecule has 0 amide bonds. The van der Waals surface area contributed by atoms with Crippen LogP contribution in [0.5, 0.6) is 0 Å². The van der Waals surface area contributed by atoms with Gasteiger partial charge in [0, 0.05) is 19.1 Å². The maximum absolute atomic E-state index is 5.72. The lowest BCUT2D eigenvalue weighted by molar-refractivity contribution is -0.0500.